The van der Waals surface area contributed by atoms with Gasteiger partial charge in [-0.2, -0.15) is 0 Å². The van der Waals surface area contributed by atoms with Crippen molar-refractivity contribution in [3.63, 3.8) is 0 Å². The smallest absolute Gasteiger partial charge is 0.312 e. The average molecular weight is 278 g/mol. The first-order valence-electron chi connectivity index (χ1n) is 5.32. The third-order valence-corrected chi connectivity index (χ3v) is 4.91. The van der Waals surface area contributed by atoms with Crippen molar-refractivity contribution >= 4 is 32.1 Å². The summed E-state index contributed by atoms with van der Waals surface area (Å²) in [5, 5.41) is -0.781. The van der Waals surface area contributed by atoms with E-state index >= 15 is 0 Å². The normalized spacial score (nSPS) is 26.1. The van der Waals surface area contributed by atoms with Gasteiger partial charge >= 0.3 is 10.5 Å². The minimum atomic E-state index is -1.57. The fourth-order valence-corrected chi connectivity index (χ4v) is 3.40. The van der Waals surface area contributed by atoms with Crippen molar-refractivity contribution in [3.05, 3.63) is 0 Å². The molecule has 0 radical (unpaired) electrons. The maximum Gasteiger partial charge on any atom is 0.312 e. The van der Waals surface area contributed by atoms with Gasteiger partial charge in [0.1, 0.15) is 21.6 Å². The summed E-state index contributed by atoms with van der Waals surface area (Å²) in [5.74, 6) is 0.165. The minimum absolute atomic E-state index is 0.165. The molecule has 2 heterocycles. The van der Waals surface area contributed by atoms with E-state index in [0.717, 1.165) is 6.42 Å². The van der Waals surface area contributed by atoms with Crippen LogP contribution in [0.25, 0.3) is 0 Å². The minimum Gasteiger partial charge on any atom is -0.331 e. The Labute approximate surface area is 104 Å². The van der Waals surface area contributed by atoms with Gasteiger partial charge < -0.3 is 9.80 Å². The van der Waals surface area contributed by atoms with E-state index in [4.69, 9.17) is 0 Å². The van der Waals surface area contributed by atoms with Crippen LogP contribution < -0.4 is 0 Å². The van der Waals surface area contributed by atoms with Crippen LogP contribution in [0.1, 0.15) is 6.42 Å². The summed E-state index contributed by atoms with van der Waals surface area (Å²) in [6, 6.07) is -0.183. The molecule has 0 saturated carbocycles. The molecular formula is C9H14N2O4S2. The first-order chi connectivity index (χ1) is 8.00. The van der Waals surface area contributed by atoms with Gasteiger partial charge in [-0.3, -0.25) is 9.59 Å². The number of hydrogen-bond donors (Lipinski definition) is 0. The highest BCUT2D eigenvalue weighted by Crippen LogP contribution is 2.21. The van der Waals surface area contributed by atoms with E-state index in [2.05, 4.69) is 0 Å². The monoisotopic (exact) mass is 278 g/mol. The molecule has 3 unspecified atom stereocenters. The lowest BCUT2D eigenvalue weighted by molar-refractivity contribution is 0.191. The van der Waals surface area contributed by atoms with Gasteiger partial charge in [0.05, 0.1) is 11.8 Å². The fourth-order valence-electron chi connectivity index (χ4n) is 1.60. The van der Waals surface area contributed by atoms with Crippen LogP contribution in [0.2, 0.25) is 0 Å². The van der Waals surface area contributed by atoms with Gasteiger partial charge in [-0.05, 0) is 6.42 Å². The molecule has 2 amide bonds. The average Bonchev–Trinajstić information content (AvgIpc) is 2.93. The van der Waals surface area contributed by atoms with Crippen LogP contribution in [0.4, 0.5) is 9.59 Å². The molecule has 6 nitrogen and oxygen atoms in total. The number of hydrogen-bond acceptors (Lipinski definition) is 4. The zero-order valence-corrected chi connectivity index (χ0v) is 11.1. The highest BCUT2D eigenvalue weighted by Gasteiger charge is 2.42. The van der Waals surface area contributed by atoms with Crippen LogP contribution in [-0.2, 0) is 21.6 Å². The lowest BCUT2D eigenvalue weighted by Crippen LogP contribution is -2.43. The quantitative estimate of drug-likeness (QED) is 0.652. The van der Waals surface area contributed by atoms with Gasteiger partial charge in [0.2, 0.25) is 0 Å². The Morgan fingerprint density at radius 1 is 1.24 bits per heavy atom. The van der Waals surface area contributed by atoms with Crippen molar-refractivity contribution in [2.75, 3.05) is 31.6 Å². The SMILES string of the molecule is CS(=O)C(=O)N1CC1CS(=O)C(=O)N1CCC1. The van der Waals surface area contributed by atoms with Gasteiger partial charge in [0.15, 0.2) is 0 Å². The molecule has 2 fully saturated rings. The van der Waals surface area contributed by atoms with E-state index in [1.807, 2.05) is 0 Å². The van der Waals surface area contributed by atoms with Crippen molar-refractivity contribution < 1.29 is 18.0 Å². The number of carbonyl (C=O) groups excluding carboxylic acids is 2. The molecule has 0 aliphatic carbocycles. The molecular weight excluding hydrogens is 264 g/mol. The van der Waals surface area contributed by atoms with Crippen LogP contribution in [0.3, 0.4) is 0 Å². The summed E-state index contributed by atoms with van der Waals surface area (Å²) in [6.07, 6.45) is 2.28. The summed E-state index contributed by atoms with van der Waals surface area (Å²) in [4.78, 5) is 25.8. The first kappa shape index (κ1) is 12.7. The number of carbonyl (C=O) groups is 2. The molecule has 0 N–H and O–H groups in total. The second kappa shape index (κ2) is 4.85. The Kier molecular flexibility index (Phi) is 3.62. The van der Waals surface area contributed by atoms with E-state index in [-0.39, 0.29) is 17.0 Å². The highest BCUT2D eigenvalue weighted by atomic mass is 32.2. The molecule has 17 heavy (non-hydrogen) atoms. The predicted octanol–water partition coefficient (Wildman–Crippen LogP) is -0.256. The van der Waals surface area contributed by atoms with Gasteiger partial charge in [0, 0.05) is 25.9 Å². The van der Waals surface area contributed by atoms with Crippen molar-refractivity contribution in [1.82, 2.24) is 9.80 Å². The zero-order chi connectivity index (χ0) is 12.6. The van der Waals surface area contributed by atoms with Crippen molar-refractivity contribution in [2.24, 2.45) is 0 Å². The molecule has 0 aromatic rings. The molecule has 0 spiro atoms. The highest BCUT2D eigenvalue weighted by molar-refractivity contribution is 8.00. The Morgan fingerprint density at radius 2 is 1.88 bits per heavy atom. The molecule has 8 heteroatoms. The predicted molar refractivity (Wildman–Crippen MR) is 64.6 cm³/mol. The third kappa shape index (κ3) is 2.74. The van der Waals surface area contributed by atoms with E-state index in [0.29, 0.717) is 19.6 Å². The Bertz CT molecular complexity index is 408. The van der Waals surface area contributed by atoms with Gasteiger partial charge in [-0.1, -0.05) is 0 Å². The largest absolute Gasteiger partial charge is 0.331 e. The van der Waals surface area contributed by atoms with E-state index in [1.165, 1.54) is 11.2 Å². The van der Waals surface area contributed by atoms with E-state index in [9.17, 15) is 18.0 Å². The molecule has 2 saturated heterocycles. The van der Waals surface area contributed by atoms with E-state index in [1.54, 1.807) is 4.90 Å². The lowest BCUT2D eigenvalue weighted by Gasteiger charge is -2.29. The molecule has 96 valence electrons. The number of amides is 2. The first-order valence-corrected chi connectivity index (χ1v) is 8.19. The summed E-state index contributed by atoms with van der Waals surface area (Å²) in [6.45, 7) is 1.81. The van der Waals surface area contributed by atoms with Crippen LogP contribution in [0.15, 0.2) is 0 Å². The number of nitrogens with zero attached hydrogens (tertiary/aromatic N) is 2. The van der Waals surface area contributed by atoms with E-state index < -0.39 is 26.8 Å². The standard InChI is InChI=1S/C9H14N2O4S2/c1-16(14)9(13)11-5-7(11)6-17(15)8(12)10-3-2-4-10/h7H,2-6H2,1H3. The molecule has 0 aromatic heterocycles. The van der Waals surface area contributed by atoms with Crippen molar-refractivity contribution in [2.45, 2.75) is 12.5 Å². The second-order valence-electron chi connectivity index (χ2n) is 4.14. The Morgan fingerprint density at radius 3 is 2.35 bits per heavy atom. The van der Waals surface area contributed by atoms with Crippen LogP contribution in [0, 0.1) is 0 Å². The molecule has 2 rings (SSSR count). The van der Waals surface area contributed by atoms with Gasteiger partial charge in [0.25, 0.3) is 0 Å². The van der Waals surface area contributed by atoms with Crippen molar-refractivity contribution in [3.8, 4) is 0 Å². The summed E-state index contributed by atoms with van der Waals surface area (Å²) in [7, 11) is -3.10. The number of rotatable bonds is 2. The number of likely N-dealkylation sites (tertiary alicyclic amines) is 1. The lowest BCUT2D eigenvalue weighted by atomic mass is 10.2. The van der Waals surface area contributed by atoms with Gasteiger partial charge in [-0.15, -0.1) is 0 Å². The molecule has 0 bridgehead atoms. The van der Waals surface area contributed by atoms with Crippen LogP contribution >= 0.6 is 0 Å². The topological polar surface area (TPSA) is 74.5 Å². The fraction of sp³-hybridized carbons (Fsp3) is 0.778. The molecule has 3 atom stereocenters. The summed E-state index contributed by atoms with van der Waals surface area (Å²) < 4.78 is 22.6. The molecule has 2 aliphatic heterocycles. The summed E-state index contributed by atoms with van der Waals surface area (Å²) >= 11 is 0. The van der Waals surface area contributed by atoms with Crippen LogP contribution in [0.5, 0.6) is 0 Å². The molecule has 0 aromatic carbocycles. The Hall–Kier alpha value is -0.760. The third-order valence-electron chi connectivity index (χ3n) is 2.85. The summed E-state index contributed by atoms with van der Waals surface area (Å²) in [5.41, 5.74) is 0. The van der Waals surface area contributed by atoms with Gasteiger partial charge in [-0.25, -0.2) is 8.42 Å². The Balaban J connectivity index is 1.79. The maximum atomic E-state index is 11.7. The molecule has 2 aliphatic rings. The maximum absolute atomic E-state index is 11.7. The van der Waals surface area contributed by atoms with Crippen molar-refractivity contribution in [1.29, 1.82) is 0 Å². The zero-order valence-electron chi connectivity index (χ0n) is 9.46. The van der Waals surface area contributed by atoms with Crippen LogP contribution in [-0.4, -0.2) is 66.4 Å². The second-order valence-corrected chi connectivity index (χ2v) is 6.78.